The van der Waals surface area contributed by atoms with Crippen molar-refractivity contribution in [1.82, 2.24) is 9.88 Å². The average Bonchev–Trinajstić information content (AvgIpc) is 2.57. The molecule has 2 amide bonds. The number of aromatic nitrogens is 1. The van der Waals surface area contributed by atoms with Crippen molar-refractivity contribution in [3.63, 3.8) is 0 Å². The van der Waals surface area contributed by atoms with Crippen LogP contribution in [-0.2, 0) is 17.5 Å². The van der Waals surface area contributed by atoms with Crippen molar-refractivity contribution >= 4 is 29.1 Å². The molecular weight excluding hydrogens is 375 g/mol. The Kier molecular flexibility index (Phi) is 5.71. The van der Waals surface area contributed by atoms with Gasteiger partial charge >= 0.3 is 6.18 Å². The minimum absolute atomic E-state index is 0.0952. The van der Waals surface area contributed by atoms with Crippen LogP contribution >= 0.6 is 11.6 Å². The molecule has 0 bridgehead atoms. The third kappa shape index (κ3) is 4.42. The summed E-state index contributed by atoms with van der Waals surface area (Å²) in [4.78, 5) is 35.5. The topological polar surface area (TPSA) is 80.2 Å². The van der Waals surface area contributed by atoms with Crippen LogP contribution in [0.5, 0.6) is 0 Å². The predicted molar refractivity (Wildman–Crippen MR) is 89.2 cm³/mol. The van der Waals surface area contributed by atoms with Gasteiger partial charge in [-0.3, -0.25) is 14.4 Å². The summed E-state index contributed by atoms with van der Waals surface area (Å²) in [5, 5.41) is 4.90. The fourth-order valence-electron chi connectivity index (χ4n) is 2.13. The maximum Gasteiger partial charge on any atom is 0.421 e. The first kappa shape index (κ1) is 19.5. The van der Waals surface area contributed by atoms with Gasteiger partial charge in [0.15, 0.2) is 0 Å². The molecule has 0 atom stereocenters. The van der Waals surface area contributed by atoms with Crippen LogP contribution < -0.4 is 16.2 Å². The molecule has 10 heteroatoms. The Bertz CT molecular complexity index is 910. The first-order chi connectivity index (χ1) is 12.1. The van der Waals surface area contributed by atoms with E-state index in [2.05, 4.69) is 10.6 Å². The number of hydrogen-bond donors (Lipinski definition) is 2. The first-order valence-corrected chi connectivity index (χ1v) is 7.59. The first-order valence-electron chi connectivity index (χ1n) is 7.21. The zero-order valence-corrected chi connectivity index (χ0v) is 14.1. The maximum absolute atomic E-state index is 12.8. The Morgan fingerprint density at radius 3 is 2.54 bits per heavy atom. The van der Waals surface area contributed by atoms with Crippen molar-refractivity contribution in [2.75, 3.05) is 12.4 Å². The highest BCUT2D eigenvalue weighted by Crippen LogP contribution is 2.26. The molecular formula is C16H13ClF3N3O3. The standard InChI is InChI=1S/C16H13ClF3N3O3/c1-21-14(25)9-4-5-11(17)12(7-9)22-13(24)8-23-6-2-3-10(15(23)26)16(18,19)20/h2-7H,8H2,1H3,(H,21,25)(H,22,24). The lowest BCUT2D eigenvalue weighted by atomic mass is 10.2. The molecule has 0 saturated heterocycles. The number of rotatable bonds is 4. The van der Waals surface area contributed by atoms with Crippen molar-refractivity contribution in [2.45, 2.75) is 12.7 Å². The number of hydrogen-bond acceptors (Lipinski definition) is 3. The van der Waals surface area contributed by atoms with Crippen LogP contribution in [0.1, 0.15) is 15.9 Å². The summed E-state index contributed by atoms with van der Waals surface area (Å²) in [5.41, 5.74) is -2.38. The van der Waals surface area contributed by atoms with Crippen molar-refractivity contribution in [3.8, 4) is 0 Å². The molecule has 0 fully saturated rings. The molecule has 2 N–H and O–H groups in total. The van der Waals surface area contributed by atoms with E-state index >= 15 is 0 Å². The number of pyridine rings is 1. The molecule has 2 rings (SSSR count). The number of nitrogens with one attached hydrogen (secondary N) is 2. The summed E-state index contributed by atoms with van der Waals surface area (Å²) < 4.78 is 38.9. The van der Waals surface area contributed by atoms with Gasteiger partial charge in [-0.25, -0.2) is 0 Å². The van der Waals surface area contributed by atoms with Crippen LogP contribution in [0.15, 0.2) is 41.3 Å². The number of halogens is 4. The van der Waals surface area contributed by atoms with Gasteiger partial charge in [-0.2, -0.15) is 13.2 Å². The average molecular weight is 388 g/mol. The van der Waals surface area contributed by atoms with Crippen molar-refractivity contribution in [2.24, 2.45) is 0 Å². The van der Waals surface area contributed by atoms with E-state index in [1.807, 2.05) is 0 Å². The molecule has 0 spiro atoms. The second-order valence-electron chi connectivity index (χ2n) is 5.17. The second kappa shape index (κ2) is 7.61. The molecule has 2 aromatic rings. The van der Waals surface area contributed by atoms with Crippen LogP contribution in [0.2, 0.25) is 5.02 Å². The van der Waals surface area contributed by atoms with Crippen LogP contribution in [0, 0.1) is 0 Å². The van der Waals surface area contributed by atoms with Crippen molar-refractivity contribution < 1.29 is 22.8 Å². The molecule has 0 aliphatic heterocycles. The van der Waals surface area contributed by atoms with Gasteiger partial charge in [0.25, 0.3) is 11.5 Å². The third-order valence-electron chi connectivity index (χ3n) is 3.37. The van der Waals surface area contributed by atoms with Gasteiger partial charge in [0.1, 0.15) is 12.1 Å². The molecule has 0 aliphatic rings. The second-order valence-corrected chi connectivity index (χ2v) is 5.58. The smallest absolute Gasteiger partial charge is 0.355 e. The summed E-state index contributed by atoms with van der Waals surface area (Å²) in [7, 11) is 1.43. The number of benzene rings is 1. The van der Waals surface area contributed by atoms with E-state index in [1.165, 1.54) is 25.2 Å². The van der Waals surface area contributed by atoms with E-state index < -0.39 is 35.7 Å². The number of anilines is 1. The van der Waals surface area contributed by atoms with E-state index in [0.717, 1.165) is 12.3 Å². The minimum Gasteiger partial charge on any atom is -0.355 e. The van der Waals surface area contributed by atoms with Gasteiger partial charge in [-0.1, -0.05) is 11.6 Å². The van der Waals surface area contributed by atoms with Crippen LogP contribution in [0.3, 0.4) is 0 Å². The Morgan fingerprint density at radius 2 is 1.92 bits per heavy atom. The van der Waals surface area contributed by atoms with E-state index in [1.54, 1.807) is 0 Å². The lowest BCUT2D eigenvalue weighted by Crippen LogP contribution is -2.32. The summed E-state index contributed by atoms with van der Waals surface area (Å²) in [6.45, 7) is -0.650. The Balaban J connectivity index is 2.23. The lowest BCUT2D eigenvalue weighted by Gasteiger charge is -2.12. The highest BCUT2D eigenvalue weighted by atomic mass is 35.5. The Morgan fingerprint density at radius 1 is 1.23 bits per heavy atom. The summed E-state index contributed by atoms with van der Waals surface area (Å²) in [5.74, 6) is -1.19. The van der Waals surface area contributed by atoms with Gasteiger partial charge in [0, 0.05) is 18.8 Å². The highest BCUT2D eigenvalue weighted by molar-refractivity contribution is 6.33. The maximum atomic E-state index is 12.8. The molecule has 138 valence electrons. The van der Waals surface area contributed by atoms with E-state index in [4.69, 9.17) is 11.6 Å². The highest BCUT2D eigenvalue weighted by Gasteiger charge is 2.34. The van der Waals surface area contributed by atoms with Gasteiger partial charge in [-0.05, 0) is 30.3 Å². The number of alkyl halides is 3. The molecule has 1 aromatic heterocycles. The predicted octanol–water partition coefficient (Wildman–Crippen LogP) is 2.52. The van der Waals surface area contributed by atoms with E-state index in [9.17, 15) is 27.6 Å². The van der Waals surface area contributed by atoms with Gasteiger partial charge in [0.2, 0.25) is 5.91 Å². The summed E-state index contributed by atoms with van der Waals surface area (Å²) in [6.07, 6.45) is -3.75. The van der Waals surface area contributed by atoms with Crippen LogP contribution in [-0.4, -0.2) is 23.4 Å². The molecule has 0 aliphatic carbocycles. The SMILES string of the molecule is CNC(=O)c1ccc(Cl)c(NC(=O)Cn2cccc(C(F)(F)F)c2=O)c1. The van der Waals surface area contributed by atoms with Crippen molar-refractivity contribution in [3.05, 3.63) is 63.0 Å². The Labute approximate surface area is 150 Å². The monoisotopic (exact) mass is 387 g/mol. The normalized spacial score (nSPS) is 11.1. The molecule has 1 heterocycles. The number of nitrogens with zero attached hydrogens (tertiary/aromatic N) is 1. The van der Waals surface area contributed by atoms with Crippen LogP contribution in [0.25, 0.3) is 0 Å². The number of carbonyl (C=O) groups is 2. The van der Waals surface area contributed by atoms with Crippen LogP contribution in [0.4, 0.5) is 18.9 Å². The molecule has 26 heavy (non-hydrogen) atoms. The minimum atomic E-state index is -4.82. The fraction of sp³-hybridized carbons (Fsp3) is 0.188. The quantitative estimate of drug-likeness (QED) is 0.846. The molecule has 0 radical (unpaired) electrons. The molecule has 6 nitrogen and oxygen atoms in total. The summed E-state index contributed by atoms with van der Waals surface area (Å²) in [6, 6.07) is 5.80. The number of carbonyl (C=O) groups excluding carboxylic acids is 2. The number of amides is 2. The fourth-order valence-corrected chi connectivity index (χ4v) is 2.29. The molecule has 0 unspecified atom stereocenters. The Hall–Kier alpha value is -2.81. The van der Waals surface area contributed by atoms with Gasteiger partial charge < -0.3 is 15.2 Å². The van der Waals surface area contributed by atoms with Crippen molar-refractivity contribution in [1.29, 1.82) is 0 Å². The lowest BCUT2D eigenvalue weighted by molar-refractivity contribution is -0.139. The largest absolute Gasteiger partial charge is 0.421 e. The van der Waals surface area contributed by atoms with E-state index in [-0.39, 0.29) is 16.3 Å². The molecule has 1 aromatic carbocycles. The molecule has 0 saturated carbocycles. The zero-order valence-electron chi connectivity index (χ0n) is 13.4. The third-order valence-corrected chi connectivity index (χ3v) is 3.70. The van der Waals surface area contributed by atoms with Gasteiger partial charge in [-0.15, -0.1) is 0 Å². The zero-order chi connectivity index (χ0) is 19.5. The van der Waals surface area contributed by atoms with E-state index in [0.29, 0.717) is 10.6 Å². The summed E-state index contributed by atoms with van der Waals surface area (Å²) >= 11 is 5.94. The van der Waals surface area contributed by atoms with Gasteiger partial charge in [0.05, 0.1) is 10.7 Å².